The molecule has 1 heteroatoms. The minimum absolute atomic E-state index is 0.378. The Hall–Kier alpha value is -0.770. The van der Waals surface area contributed by atoms with E-state index < -0.39 is 0 Å². The summed E-state index contributed by atoms with van der Waals surface area (Å²) in [6.45, 7) is 8.25. The van der Waals surface area contributed by atoms with Crippen molar-refractivity contribution in [1.82, 2.24) is 0 Å². The summed E-state index contributed by atoms with van der Waals surface area (Å²) in [5.74, 6) is 1.30. The third-order valence-corrected chi connectivity index (χ3v) is 2.61. The van der Waals surface area contributed by atoms with E-state index in [0.717, 1.165) is 18.8 Å². The van der Waals surface area contributed by atoms with Gasteiger partial charge >= 0.3 is 0 Å². The maximum Gasteiger partial charge on any atom is 0.0655 e. The molecule has 0 amide bonds. The molecule has 1 aliphatic rings. The van der Waals surface area contributed by atoms with Gasteiger partial charge in [-0.3, -0.25) is 0 Å². The van der Waals surface area contributed by atoms with Crippen LogP contribution in [-0.4, -0.2) is 0 Å². The summed E-state index contributed by atoms with van der Waals surface area (Å²) in [5.41, 5.74) is 0. The molecule has 0 spiro atoms. The van der Waals surface area contributed by atoms with Crippen molar-refractivity contribution < 1.29 is 0 Å². The Kier molecular flexibility index (Phi) is 6.47. The van der Waals surface area contributed by atoms with Crippen molar-refractivity contribution in [3.8, 4) is 6.07 Å². The highest BCUT2D eigenvalue weighted by Gasteiger charge is 2.18. The Morgan fingerprint density at radius 2 is 1.75 bits per heavy atom. The summed E-state index contributed by atoms with van der Waals surface area (Å²) in [5, 5.41) is 8.60. The van der Waals surface area contributed by atoms with E-state index in [-0.39, 0.29) is 0 Å². The molecule has 0 aliphatic heterocycles. The average Bonchev–Trinajstić information content (AvgIpc) is 2.21. The molecule has 1 aliphatic carbocycles. The fourth-order valence-electron chi connectivity index (χ4n) is 1.70. The maximum atomic E-state index is 8.60. The first-order valence-electron chi connectivity index (χ1n) is 4.76. The molecule has 12 heavy (non-hydrogen) atoms. The molecule has 0 aromatic heterocycles. The smallest absolute Gasteiger partial charge is 0.0655 e. The predicted octanol–water partition coefficient (Wildman–Crippen LogP) is 3.53. The van der Waals surface area contributed by atoms with Crippen LogP contribution >= 0.6 is 0 Å². The number of nitrogens with zero attached hydrogens (tertiary/aromatic N) is 1. The lowest BCUT2D eigenvalue weighted by molar-refractivity contribution is 0.308. The van der Waals surface area contributed by atoms with Crippen LogP contribution in [0.15, 0.2) is 13.2 Å². The van der Waals surface area contributed by atoms with Gasteiger partial charge in [-0.05, 0) is 31.6 Å². The van der Waals surface area contributed by atoms with E-state index in [1.54, 1.807) is 0 Å². The van der Waals surface area contributed by atoms with Gasteiger partial charge in [0.15, 0.2) is 0 Å². The summed E-state index contributed by atoms with van der Waals surface area (Å²) in [6.07, 6.45) is 6.17. The maximum absolute atomic E-state index is 8.60. The third kappa shape index (κ3) is 3.57. The average molecular weight is 165 g/mol. The predicted molar refractivity (Wildman–Crippen MR) is 52.6 cm³/mol. The quantitative estimate of drug-likeness (QED) is 0.545. The Balaban J connectivity index is 0.000000561. The van der Waals surface area contributed by atoms with Crippen LogP contribution in [-0.2, 0) is 0 Å². The van der Waals surface area contributed by atoms with E-state index in [1.165, 1.54) is 19.3 Å². The molecule has 0 heterocycles. The zero-order valence-corrected chi connectivity index (χ0v) is 8.05. The highest BCUT2D eigenvalue weighted by molar-refractivity contribution is 4.86. The van der Waals surface area contributed by atoms with E-state index >= 15 is 0 Å². The van der Waals surface area contributed by atoms with Crippen LogP contribution in [0.3, 0.4) is 0 Å². The molecule has 1 saturated carbocycles. The number of nitriles is 1. The van der Waals surface area contributed by atoms with Gasteiger partial charge in [0.2, 0.25) is 0 Å². The molecule has 1 nitrogen and oxygen atoms in total. The van der Waals surface area contributed by atoms with Crippen molar-refractivity contribution in [2.24, 2.45) is 11.8 Å². The normalized spacial score (nSPS) is 28.0. The van der Waals surface area contributed by atoms with Crippen molar-refractivity contribution >= 4 is 0 Å². The monoisotopic (exact) mass is 165 g/mol. The Labute approximate surface area is 76.1 Å². The molecule has 0 aromatic rings. The van der Waals surface area contributed by atoms with Crippen molar-refractivity contribution in [3.05, 3.63) is 13.2 Å². The summed E-state index contributed by atoms with van der Waals surface area (Å²) in [7, 11) is 0. The topological polar surface area (TPSA) is 23.8 Å². The summed E-state index contributed by atoms with van der Waals surface area (Å²) in [4.78, 5) is 0. The first-order chi connectivity index (χ1) is 5.86. The van der Waals surface area contributed by atoms with Crippen LogP contribution in [0, 0.1) is 23.2 Å². The molecular weight excluding hydrogens is 146 g/mol. The van der Waals surface area contributed by atoms with E-state index in [1.807, 2.05) is 0 Å². The van der Waals surface area contributed by atoms with Gasteiger partial charge in [0, 0.05) is 5.92 Å². The highest BCUT2D eigenvalue weighted by Crippen LogP contribution is 2.29. The Morgan fingerprint density at radius 3 is 2.08 bits per heavy atom. The minimum Gasteiger partial charge on any atom is -0.198 e. The molecule has 68 valence electrons. The van der Waals surface area contributed by atoms with Gasteiger partial charge in [0.25, 0.3) is 0 Å². The lowest BCUT2D eigenvalue weighted by atomic mass is 9.82. The fourth-order valence-corrected chi connectivity index (χ4v) is 1.70. The lowest BCUT2D eigenvalue weighted by Gasteiger charge is -2.22. The molecule has 0 saturated heterocycles. The SMILES string of the molecule is C=C.CCC1CCC(C#N)CC1. The van der Waals surface area contributed by atoms with Crippen LogP contribution in [0.2, 0.25) is 0 Å². The number of rotatable bonds is 1. The van der Waals surface area contributed by atoms with Gasteiger partial charge in [-0.2, -0.15) is 5.26 Å². The van der Waals surface area contributed by atoms with Gasteiger partial charge in [-0.15, -0.1) is 13.2 Å². The molecule has 0 bridgehead atoms. The molecule has 0 aromatic carbocycles. The molecule has 0 radical (unpaired) electrons. The Morgan fingerprint density at radius 1 is 1.25 bits per heavy atom. The highest BCUT2D eigenvalue weighted by atomic mass is 14.3. The van der Waals surface area contributed by atoms with Crippen LogP contribution in [0.25, 0.3) is 0 Å². The summed E-state index contributed by atoms with van der Waals surface area (Å²) in [6, 6.07) is 2.35. The molecule has 0 N–H and O–H groups in total. The van der Waals surface area contributed by atoms with Crippen LogP contribution in [0.4, 0.5) is 0 Å². The molecular formula is C11H19N. The van der Waals surface area contributed by atoms with Crippen LogP contribution in [0.5, 0.6) is 0 Å². The van der Waals surface area contributed by atoms with Gasteiger partial charge in [-0.1, -0.05) is 13.3 Å². The van der Waals surface area contributed by atoms with E-state index in [0.29, 0.717) is 5.92 Å². The fraction of sp³-hybridized carbons (Fsp3) is 0.727. The summed E-state index contributed by atoms with van der Waals surface area (Å²) < 4.78 is 0. The van der Waals surface area contributed by atoms with Crippen molar-refractivity contribution in [3.63, 3.8) is 0 Å². The largest absolute Gasteiger partial charge is 0.198 e. The first kappa shape index (κ1) is 11.2. The Bertz CT molecular complexity index is 138. The second-order valence-corrected chi connectivity index (χ2v) is 3.25. The first-order valence-corrected chi connectivity index (χ1v) is 4.76. The second kappa shape index (κ2) is 6.91. The third-order valence-electron chi connectivity index (χ3n) is 2.61. The number of hydrogen-bond donors (Lipinski definition) is 0. The molecule has 0 atom stereocenters. The lowest BCUT2D eigenvalue weighted by Crippen LogP contribution is -2.12. The molecule has 1 fully saturated rings. The van der Waals surface area contributed by atoms with E-state index in [9.17, 15) is 0 Å². The van der Waals surface area contributed by atoms with Crippen molar-refractivity contribution in [2.45, 2.75) is 39.0 Å². The molecule has 0 unspecified atom stereocenters. The van der Waals surface area contributed by atoms with Crippen LogP contribution in [0.1, 0.15) is 39.0 Å². The number of hydrogen-bond acceptors (Lipinski definition) is 1. The van der Waals surface area contributed by atoms with Gasteiger partial charge in [-0.25, -0.2) is 0 Å². The van der Waals surface area contributed by atoms with E-state index in [2.05, 4.69) is 26.2 Å². The molecule has 1 rings (SSSR count). The van der Waals surface area contributed by atoms with E-state index in [4.69, 9.17) is 5.26 Å². The van der Waals surface area contributed by atoms with Crippen molar-refractivity contribution in [1.29, 1.82) is 5.26 Å². The second-order valence-electron chi connectivity index (χ2n) is 3.25. The van der Waals surface area contributed by atoms with Crippen molar-refractivity contribution in [2.75, 3.05) is 0 Å². The van der Waals surface area contributed by atoms with Crippen LogP contribution < -0.4 is 0 Å². The zero-order chi connectivity index (χ0) is 9.40. The minimum atomic E-state index is 0.378. The van der Waals surface area contributed by atoms with Gasteiger partial charge < -0.3 is 0 Å². The standard InChI is InChI=1S/C9H15N.C2H4/c1-2-8-3-5-9(7-10)6-4-8;1-2/h8-9H,2-6H2,1H3;1-2H2. The summed E-state index contributed by atoms with van der Waals surface area (Å²) >= 11 is 0. The van der Waals surface area contributed by atoms with Gasteiger partial charge in [0.05, 0.1) is 6.07 Å². The van der Waals surface area contributed by atoms with Gasteiger partial charge in [0.1, 0.15) is 0 Å². The zero-order valence-electron chi connectivity index (χ0n) is 8.05.